The second kappa shape index (κ2) is 7.29. The average molecular weight is 361 g/mol. The molecule has 10 heteroatoms. The minimum Gasteiger partial charge on any atom is -0.264 e. The molecule has 2 aromatic rings. The van der Waals surface area contributed by atoms with Gasteiger partial charge in [0.2, 0.25) is 20.0 Å². The van der Waals surface area contributed by atoms with Gasteiger partial charge < -0.3 is 0 Å². The second-order valence-electron chi connectivity index (χ2n) is 4.33. The molecule has 0 saturated carbocycles. The largest absolute Gasteiger partial charge is 0.264 e. The number of thiophene rings is 1. The van der Waals surface area contributed by atoms with Crippen LogP contribution >= 0.6 is 11.3 Å². The molecule has 2 aromatic heterocycles. The summed E-state index contributed by atoms with van der Waals surface area (Å²) in [6.07, 6.45) is 3.15. The van der Waals surface area contributed by atoms with Gasteiger partial charge in [0.1, 0.15) is 4.21 Å². The predicted molar refractivity (Wildman–Crippen MR) is 84.4 cm³/mol. The van der Waals surface area contributed by atoms with Crippen molar-refractivity contribution in [1.82, 2.24) is 14.4 Å². The van der Waals surface area contributed by atoms with Crippen LogP contribution in [0.2, 0.25) is 0 Å². The van der Waals surface area contributed by atoms with Crippen LogP contribution in [0.3, 0.4) is 0 Å². The first-order valence-corrected chi connectivity index (χ1v) is 10.3. The van der Waals surface area contributed by atoms with E-state index in [2.05, 4.69) is 14.4 Å². The number of sulfonamides is 2. The van der Waals surface area contributed by atoms with Crippen molar-refractivity contribution in [2.75, 3.05) is 12.3 Å². The monoisotopic (exact) mass is 361 g/mol. The van der Waals surface area contributed by atoms with E-state index in [-0.39, 0.29) is 23.1 Å². The van der Waals surface area contributed by atoms with Crippen LogP contribution in [0.15, 0.2) is 46.2 Å². The first-order valence-electron chi connectivity index (χ1n) is 6.28. The Labute approximate surface area is 133 Å². The van der Waals surface area contributed by atoms with E-state index < -0.39 is 20.0 Å². The third-order valence-corrected chi connectivity index (χ3v) is 6.83. The molecule has 0 amide bonds. The van der Waals surface area contributed by atoms with E-state index in [0.29, 0.717) is 0 Å². The fourth-order valence-corrected chi connectivity index (χ4v) is 4.67. The molecule has 0 unspecified atom stereocenters. The highest BCUT2D eigenvalue weighted by Gasteiger charge is 2.16. The number of pyridine rings is 1. The molecule has 0 aromatic carbocycles. The highest BCUT2D eigenvalue weighted by molar-refractivity contribution is 7.91. The number of hydrogen-bond donors (Lipinski definition) is 2. The summed E-state index contributed by atoms with van der Waals surface area (Å²) in [5, 5.41) is 1.64. The Balaban J connectivity index is 1.83. The van der Waals surface area contributed by atoms with Crippen molar-refractivity contribution in [2.24, 2.45) is 0 Å². The zero-order valence-corrected chi connectivity index (χ0v) is 13.9. The van der Waals surface area contributed by atoms with Crippen LogP contribution in [0.1, 0.15) is 5.56 Å². The summed E-state index contributed by atoms with van der Waals surface area (Å²) >= 11 is 1.07. The molecular weight excluding hydrogens is 346 g/mol. The molecule has 22 heavy (non-hydrogen) atoms. The van der Waals surface area contributed by atoms with Crippen molar-refractivity contribution >= 4 is 31.4 Å². The van der Waals surface area contributed by atoms with Crippen molar-refractivity contribution < 1.29 is 16.8 Å². The maximum Gasteiger partial charge on any atom is 0.250 e. The van der Waals surface area contributed by atoms with E-state index in [9.17, 15) is 16.8 Å². The lowest BCUT2D eigenvalue weighted by Gasteiger charge is -2.07. The fourth-order valence-electron chi connectivity index (χ4n) is 1.57. The quantitative estimate of drug-likeness (QED) is 0.714. The van der Waals surface area contributed by atoms with Gasteiger partial charge in [-0.2, -0.15) is 0 Å². The summed E-state index contributed by atoms with van der Waals surface area (Å²) in [5.74, 6) is -0.335. The van der Waals surface area contributed by atoms with Gasteiger partial charge in [-0.05, 0) is 23.1 Å². The molecule has 0 aliphatic rings. The van der Waals surface area contributed by atoms with Crippen LogP contribution in [0.5, 0.6) is 0 Å². The van der Waals surface area contributed by atoms with E-state index >= 15 is 0 Å². The zero-order chi connectivity index (χ0) is 16.1. The Kier molecular flexibility index (Phi) is 5.64. The summed E-state index contributed by atoms with van der Waals surface area (Å²) in [5.41, 5.74) is 0.727. The van der Waals surface area contributed by atoms with E-state index in [4.69, 9.17) is 0 Å². The molecule has 0 radical (unpaired) electrons. The van der Waals surface area contributed by atoms with Crippen molar-refractivity contribution in [3.63, 3.8) is 0 Å². The third-order valence-electron chi connectivity index (χ3n) is 2.64. The molecule has 0 aliphatic heterocycles. The first-order chi connectivity index (χ1) is 10.4. The minimum absolute atomic E-state index is 0.119. The van der Waals surface area contributed by atoms with Crippen LogP contribution in [0.25, 0.3) is 0 Å². The molecular formula is C12H15N3O4S3. The molecule has 7 nitrogen and oxygen atoms in total. The Hall–Kier alpha value is -1.33. The minimum atomic E-state index is -3.64. The van der Waals surface area contributed by atoms with Gasteiger partial charge in [-0.3, -0.25) is 4.98 Å². The van der Waals surface area contributed by atoms with Gasteiger partial charge in [0.15, 0.2) is 0 Å². The molecule has 0 fully saturated rings. The summed E-state index contributed by atoms with van der Waals surface area (Å²) in [7, 11) is -7.21. The second-order valence-corrected chi connectivity index (χ2v) is 9.20. The zero-order valence-electron chi connectivity index (χ0n) is 11.5. The van der Waals surface area contributed by atoms with E-state index in [0.717, 1.165) is 16.9 Å². The van der Waals surface area contributed by atoms with E-state index in [1.165, 1.54) is 6.07 Å². The number of hydrogen-bond acceptors (Lipinski definition) is 6. The average Bonchev–Trinajstić information content (AvgIpc) is 3.01. The summed E-state index contributed by atoms with van der Waals surface area (Å²) < 4.78 is 52.1. The molecule has 0 saturated heterocycles. The van der Waals surface area contributed by atoms with Gasteiger partial charge in [0.25, 0.3) is 0 Å². The van der Waals surface area contributed by atoms with Crippen LogP contribution in [-0.4, -0.2) is 34.1 Å². The van der Waals surface area contributed by atoms with Crippen molar-refractivity contribution in [3.05, 3.63) is 47.6 Å². The number of nitrogens with zero attached hydrogens (tertiary/aromatic N) is 1. The number of rotatable bonds is 8. The topological polar surface area (TPSA) is 105 Å². The molecule has 2 N–H and O–H groups in total. The van der Waals surface area contributed by atoms with Crippen molar-refractivity contribution in [2.45, 2.75) is 10.8 Å². The lowest BCUT2D eigenvalue weighted by atomic mass is 10.3. The smallest absolute Gasteiger partial charge is 0.250 e. The number of aromatic nitrogens is 1. The van der Waals surface area contributed by atoms with Gasteiger partial charge in [-0.15, -0.1) is 11.3 Å². The molecule has 2 heterocycles. The van der Waals surface area contributed by atoms with E-state index in [1.807, 2.05) is 0 Å². The first kappa shape index (κ1) is 17.0. The summed E-state index contributed by atoms with van der Waals surface area (Å²) in [6.45, 7) is -0.0730. The normalized spacial score (nSPS) is 12.4. The molecule has 0 spiro atoms. The summed E-state index contributed by atoms with van der Waals surface area (Å²) in [6, 6.07) is 6.53. The number of nitrogens with one attached hydrogen (secondary N) is 2. The van der Waals surface area contributed by atoms with Crippen LogP contribution < -0.4 is 9.44 Å². The highest BCUT2D eigenvalue weighted by Crippen LogP contribution is 2.14. The summed E-state index contributed by atoms with van der Waals surface area (Å²) in [4.78, 5) is 3.88. The van der Waals surface area contributed by atoms with Crippen molar-refractivity contribution in [1.29, 1.82) is 0 Å². The molecule has 0 bridgehead atoms. The van der Waals surface area contributed by atoms with Gasteiger partial charge in [0, 0.05) is 25.5 Å². The van der Waals surface area contributed by atoms with Crippen LogP contribution in [-0.2, 0) is 26.6 Å². The van der Waals surface area contributed by atoms with Crippen LogP contribution in [0, 0.1) is 0 Å². The maximum atomic E-state index is 11.8. The Morgan fingerprint density at radius 1 is 1.09 bits per heavy atom. The SMILES string of the molecule is O=S(=O)(CCNS(=O)(=O)c1cccs1)NCc1cccnc1. The Morgan fingerprint density at radius 3 is 2.55 bits per heavy atom. The third kappa shape index (κ3) is 5.14. The molecule has 0 aliphatic carbocycles. The molecule has 2 rings (SSSR count). The fraction of sp³-hybridized carbons (Fsp3) is 0.250. The van der Waals surface area contributed by atoms with Gasteiger partial charge in [-0.1, -0.05) is 12.1 Å². The van der Waals surface area contributed by atoms with Crippen molar-refractivity contribution in [3.8, 4) is 0 Å². The molecule has 0 atom stereocenters. The van der Waals surface area contributed by atoms with E-state index in [1.54, 1.807) is 36.0 Å². The van der Waals surface area contributed by atoms with Crippen LogP contribution in [0.4, 0.5) is 0 Å². The van der Waals surface area contributed by atoms with Gasteiger partial charge >= 0.3 is 0 Å². The maximum absolute atomic E-state index is 11.8. The lowest BCUT2D eigenvalue weighted by molar-refractivity contribution is 0.575. The molecule has 120 valence electrons. The van der Waals surface area contributed by atoms with Gasteiger partial charge in [0.05, 0.1) is 5.75 Å². The predicted octanol–water partition coefficient (Wildman–Crippen LogP) is 0.541. The Bertz CT molecular complexity index is 787. The van der Waals surface area contributed by atoms with Gasteiger partial charge in [-0.25, -0.2) is 26.3 Å². The lowest BCUT2D eigenvalue weighted by Crippen LogP contribution is -2.34. The highest BCUT2D eigenvalue weighted by atomic mass is 32.2. The Morgan fingerprint density at radius 2 is 1.91 bits per heavy atom. The standard InChI is InChI=1S/C12H15N3O4S3/c16-21(17,15-10-11-3-1-5-13-9-11)8-6-14-22(18,19)12-4-2-7-20-12/h1-5,7,9,14-15H,6,8,10H2.